The van der Waals surface area contributed by atoms with Gasteiger partial charge in [-0.2, -0.15) is 0 Å². The molecular weight excluding hydrogens is 238 g/mol. The molecule has 1 N–H and O–H groups in total. The monoisotopic (exact) mass is 255 g/mol. The van der Waals surface area contributed by atoms with Crippen molar-refractivity contribution < 1.29 is 4.79 Å². The molecular formula is C12H18ClN3O. The maximum atomic E-state index is 11.3. The molecule has 1 rings (SSSR count). The third-order valence-corrected chi connectivity index (χ3v) is 2.63. The molecule has 0 aliphatic carbocycles. The zero-order valence-electron chi connectivity index (χ0n) is 10.2. The van der Waals surface area contributed by atoms with Gasteiger partial charge >= 0.3 is 0 Å². The first-order valence-electron chi connectivity index (χ1n) is 5.78. The predicted octanol–water partition coefficient (Wildman–Crippen LogP) is 2.50. The SMILES string of the molecule is CCN(CC)c1ccc(NC(=O)CCCl)cn1. The molecule has 94 valence electrons. The van der Waals surface area contributed by atoms with Gasteiger partial charge in [-0.1, -0.05) is 0 Å². The van der Waals surface area contributed by atoms with E-state index in [9.17, 15) is 4.79 Å². The third-order valence-electron chi connectivity index (χ3n) is 2.44. The molecule has 0 bridgehead atoms. The number of anilines is 2. The van der Waals surface area contributed by atoms with Crippen LogP contribution < -0.4 is 10.2 Å². The van der Waals surface area contributed by atoms with Gasteiger partial charge in [-0.25, -0.2) is 4.98 Å². The maximum Gasteiger partial charge on any atom is 0.225 e. The lowest BCUT2D eigenvalue weighted by molar-refractivity contribution is -0.115. The van der Waals surface area contributed by atoms with Crippen LogP contribution >= 0.6 is 11.6 Å². The Morgan fingerprint density at radius 2 is 2.12 bits per heavy atom. The highest BCUT2D eigenvalue weighted by atomic mass is 35.5. The van der Waals surface area contributed by atoms with E-state index >= 15 is 0 Å². The van der Waals surface area contributed by atoms with E-state index in [4.69, 9.17) is 11.6 Å². The summed E-state index contributed by atoms with van der Waals surface area (Å²) in [5.41, 5.74) is 0.705. The first-order valence-corrected chi connectivity index (χ1v) is 6.31. The summed E-state index contributed by atoms with van der Waals surface area (Å²) < 4.78 is 0. The van der Waals surface area contributed by atoms with Crippen LogP contribution in [0.4, 0.5) is 11.5 Å². The Balaban J connectivity index is 2.64. The zero-order valence-corrected chi connectivity index (χ0v) is 11.0. The number of carbonyl (C=O) groups is 1. The summed E-state index contributed by atoms with van der Waals surface area (Å²) in [7, 11) is 0. The van der Waals surface area contributed by atoms with E-state index in [-0.39, 0.29) is 5.91 Å². The molecule has 0 spiro atoms. The molecule has 0 saturated carbocycles. The number of carbonyl (C=O) groups excluding carboxylic acids is 1. The summed E-state index contributed by atoms with van der Waals surface area (Å²) in [6, 6.07) is 3.76. The number of hydrogen-bond donors (Lipinski definition) is 1. The van der Waals surface area contributed by atoms with E-state index in [0.29, 0.717) is 18.0 Å². The molecule has 0 unspecified atom stereocenters. The van der Waals surface area contributed by atoms with Gasteiger partial charge in [0.2, 0.25) is 5.91 Å². The minimum absolute atomic E-state index is 0.0858. The number of nitrogens with zero attached hydrogens (tertiary/aromatic N) is 2. The van der Waals surface area contributed by atoms with Gasteiger partial charge in [0.1, 0.15) is 5.82 Å². The Morgan fingerprint density at radius 3 is 2.59 bits per heavy atom. The van der Waals surface area contributed by atoms with Crippen LogP contribution in [-0.2, 0) is 4.79 Å². The summed E-state index contributed by atoms with van der Waals surface area (Å²) in [5, 5.41) is 2.74. The molecule has 1 aromatic heterocycles. The fourth-order valence-electron chi connectivity index (χ4n) is 1.50. The number of halogens is 1. The molecule has 0 atom stereocenters. The van der Waals surface area contributed by atoms with Gasteiger partial charge in [-0.05, 0) is 26.0 Å². The minimum Gasteiger partial charge on any atom is -0.357 e. The van der Waals surface area contributed by atoms with Crippen molar-refractivity contribution in [2.24, 2.45) is 0 Å². The van der Waals surface area contributed by atoms with Gasteiger partial charge < -0.3 is 10.2 Å². The van der Waals surface area contributed by atoms with Crippen LogP contribution in [0.25, 0.3) is 0 Å². The fraction of sp³-hybridized carbons (Fsp3) is 0.500. The summed E-state index contributed by atoms with van der Waals surface area (Å²) in [5.74, 6) is 1.17. The molecule has 17 heavy (non-hydrogen) atoms. The van der Waals surface area contributed by atoms with Crippen LogP contribution in [0.15, 0.2) is 18.3 Å². The van der Waals surface area contributed by atoms with E-state index in [1.54, 1.807) is 6.20 Å². The Hall–Kier alpha value is -1.29. The van der Waals surface area contributed by atoms with Gasteiger partial charge in [-0.3, -0.25) is 4.79 Å². The molecule has 1 amide bonds. The highest BCUT2D eigenvalue weighted by molar-refractivity contribution is 6.19. The van der Waals surface area contributed by atoms with Gasteiger partial charge in [-0.15, -0.1) is 11.6 Å². The van der Waals surface area contributed by atoms with Gasteiger partial charge in [0.05, 0.1) is 11.9 Å². The smallest absolute Gasteiger partial charge is 0.225 e. The predicted molar refractivity (Wildman–Crippen MR) is 71.8 cm³/mol. The summed E-state index contributed by atoms with van der Waals surface area (Å²) in [4.78, 5) is 17.8. The molecule has 0 fully saturated rings. The van der Waals surface area contributed by atoms with Gasteiger partial charge in [0.25, 0.3) is 0 Å². The number of aromatic nitrogens is 1. The molecule has 5 heteroatoms. The third kappa shape index (κ3) is 4.23. The summed E-state index contributed by atoms with van der Waals surface area (Å²) in [6.45, 7) is 6.01. The summed E-state index contributed by atoms with van der Waals surface area (Å²) >= 11 is 5.48. The van der Waals surface area contributed by atoms with Crippen molar-refractivity contribution in [3.05, 3.63) is 18.3 Å². The van der Waals surface area contributed by atoms with E-state index in [0.717, 1.165) is 18.9 Å². The number of amides is 1. The average Bonchev–Trinajstić information content (AvgIpc) is 2.33. The molecule has 0 aromatic carbocycles. The van der Waals surface area contributed by atoms with Crippen LogP contribution in [0, 0.1) is 0 Å². The Kier molecular flexibility index (Phi) is 5.77. The lowest BCUT2D eigenvalue weighted by Crippen LogP contribution is -2.22. The van der Waals surface area contributed by atoms with Crippen molar-refractivity contribution in [1.82, 2.24) is 4.98 Å². The molecule has 4 nitrogen and oxygen atoms in total. The van der Waals surface area contributed by atoms with Crippen LogP contribution in [0.1, 0.15) is 20.3 Å². The highest BCUT2D eigenvalue weighted by Crippen LogP contribution is 2.13. The van der Waals surface area contributed by atoms with Crippen LogP contribution in [0.3, 0.4) is 0 Å². The number of nitrogens with one attached hydrogen (secondary N) is 1. The first kappa shape index (κ1) is 13.8. The van der Waals surface area contributed by atoms with Crippen molar-refractivity contribution in [3.8, 4) is 0 Å². The van der Waals surface area contributed by atoms with E-state index in [1.165, 1.54) is 0 Å². The number of hydrogen-bond acceptors (Lipinski definition) is 3. The second-order valence-corrected chi connectivity index (χ2v) is 3.94. The number of pyridine rings is 1. The summed E-state index contributed by atoms with van der Waals surface area (Å²) in [6.07, 6.45) is 1.99. The van der Waals surface area contributed by atoms with E-state index < -0.39 is 0 Å². The van der Waals surface area contributed by atoms with Crippen LogP contribution in [0.5, 0.6) is 0 Å². The largest absolute Gasteiger partial charge is 0.357 e. The van der Waals surface area contributed by atoms with Gasteiger partial charge in [0, 0.05) is 25.4 Å². The standard InChI is InChI=1S/C12H18ClN3O/c1-3-16(4-2)11-6-5-10(9-14-11)15-12(17)7-8-13/h5-6,9H,3-4,7-8H2,1-2H3,(H,15,17). The Morgan fingerprint density at radius 1 is 1.41 bits per heavy atom. The Labute approximate surface area is 107 Å². The van der Waals surface area contributed by atoms with E-state index in [1.807, 2.05) is 12.1 Å². The van der Waals surface area contributed by atoms with Crippen molar-refractivity contribution >= 4 is 29.0 Å². The Bertz CT molecular complexity index is 349. The molecule has 0 radical (unpaired) electrons. The normalized spacial score (nSPS) is 10.1. The molecule has 0 saturated heterocycles. The van der Waals surface area contributed by atoms with E-state index in [2.05, 4.69) is 29.0 Å². The quantitative estimate of drug-likeness (QED) is 0.795. The average molecular weight is 256 g/mol. The number of alkyl halides is 1. The molecule has 0 aliphatic rings. The topological polar surface area (TPSA) is 45.2 Å². The minimum atomic E-state index is -0.0858. The van der Waals surface area contributed by atoms with Crippen LogP contribution in [-0.4, -0.2) is 29.9 Å². The van der Waals surface area contributed by atoms with Crippen molar-refractivity contribution in [1.29, 1.82) is 0 Å². The van der Waals surface area contributed by atoms with Crippen molar-refractivity contribution in [2.45, 2.75) is 20.3 Å². The lowest BCUT2D eigenvalue weighted by Gasteiger charge is -2.19. The van der Waals surface area contributed by atoms with Gasteiger partial charge in [0.15, 0.2) is 0 Å². The second-order valence-electron chi connectivity index (χ2n) is 3.56. The zero-order chi connectivity index (χ0) is 12.7. The fourth-order valence-corrected chi connectivity index (χ4v) is 1.68. The molecule has 1 heterocycles. The second kappa shape index (κ2) is 7.12. The highest BCUT2D eigenvalue weighted by Gasteiger charge is 2.04. The van der Waals surface area contributed by atoms with Crippen molar-refractivity contribution in [3.63, 3.8) is 0 Å². The lowest BCUT2D eigenvalue weighted by atomic mass is 10.3. The maximum absolute atomic E-state index is 11.3. The molecule has 1 aromatic rings. The molecule has 0 aliphatic heterocycles. The van der Waals surface area contributed by atoms with Crippen LogP contribution in [0.2, 0.25) is 0 Å². The first-order chi connectivity index (χ1) is 8.21. The number of rotatable bonds is 6. The van der Waals surface area contributed by atoms with Crippen molar-refractivity contribution in [2.75, 3.05) is 29.2 Å².